The molecular formula is C14H13Cl2N3O. The largest absolute Gasteiger partial charge is 0.398 e. The van der Waals surface area contributed by atoms with Crippen LogP contribution < -0.4 is 16.8 Å². The molecule has 0 atom stereocenters. The van der Waals surface area contributed by atoms with Gasteiger partial charge in [0, 0.05) is 11.4 Å². The Balaban J connectivity index is 2.43. The number of nitrogens with two attached hydrogens (primary N) is 2. The lowest BCUT2D eigenvalue weighted by atomic mass is 10.1. The first-order valence-corrected chi connectivity index (χ1v) is 6.56. The Hall–Kier alpha value is -1.91. The van der Waals surface area contributed by atoms with E-state index in [0.717, 1.165) is 5.56 Å². The molecule has 0 aliphatic carbocycles. The molecule has 20 heavy (non-hydrogen) atoms. The maximum absolute atomic E-state index is 11.3. The smallest absolute Gasteiger partial charge is 0.250 e. The molecule has 0 aliphatic heterocycles. The Morgan fingerprint density at radius 2 is 1.90 bits per heavy atom. The van der Waals surface area contributed by atoms with Crippen molar-refractivity contribution in [2.45, 2.75) is 6.92 Å². The molecule has 0 fully saturated rings. The van der Waals surface area contributed by atoms with Crippen molar-refractivity contribution in [2.24, 2.45) is 5.73 Å². The minimum absolute atomic E-state index is 0.245. The molecule has 0 bridgehead atoms. The number of benzene rings is 2. The number of halogens is 2. The maximum Gasteiger partial charge on any atom is 0.250 e. The summed E-state index contributed by atoms with van der Waals surface area (Å²) in [6.45, 7) is 1.88. The van der Waals surface area contributed by atoms with Crippen molar-refractivity contribution in [2.75, 3.05) is 11.1 Å². The van der Waals surface area contributed by atoms with E-state index in [1.165, 1.54) is 0 Å². The lowest BCUT2D eigenvalue weighted by Gasteiger charge is -2.13. The molecular weight excluding hydrogens is 297 g/mol. The second-order valence-corrected chi connectivity index (χ2v) is 5.13. The van der Waals surface area contributed by atoms with Gasteiger partial charge in [0.2, 0.25) is 0 Å². The fourth-order valence-corrected chi connectivity index (χ4v) is 2.23. The SMILES string of the molecule is Cc1ccc(Cl)c(Nc2ccc(N)c(C(N)=O)c2)c1Cl. The van der Waals surface area contributed by atoms with E-state index in [0.29, 0.717) is 27.1 Å². The average Bonchev–Trinajstić information content (AvgIpc) is 2.40. The number of hydrogen-bond donors (Lipinski definition) is 3. The van der Waals surface area contributed by atoms with Crippen LogP contribution in [0.25, 0.3) is 0 Å². The fourth-order valence-electron chi connectivity index (χ4n) is 1.76. The molecule has 104 valence electrons. The van der Waals surface area contributed by atoms with E-state index in [9.17, 15) is 4.79 Å². The Bertz CT molecular complexity index is 686. The van der Waals surface area contributed by atoms with Gasteiger partial charge in [-0.15, -0.1) is 0 Å². The Kier molecular flexibility index (Phi) is 4.06. The first-order chi connectivity index (χ1) is 9.40. The van der Waals surface area contributed by atoms with Crippen molar-refractivity contribution in [3.05, 3.63) is 51.5 Å². The van der Waals surface area contributed by atoms with Crippen molar-refractivity contribution >= 4 is 46.2 Å². The van der Waals surface area contributed by atoms with Gasteiger partial charge in [-0.2, -0.15) is 0 Å². The van der Waals surface area contributed by atoms with Crippen LogP contribution in [0.2, 0.25) is 10.0 Å². The van der Waals surface area contributed by atoms with E-state index in [-0.39, 0.29) is 5.56 Å². The zero-order valence-corrected chi connectivity index (χ0v) is 12.2. The molecule has 5 N–H and O–H groups in total. The van der Waals surface area contributed by atoms with Crippen molar-refractivity contribution in [1.29, 1.82) is 0 Å². The normalized spacial score (nSPS) is 10.3. The van der Waals surface area contributed by atoms with Crippen molar-refractivity contribution in [1.82, 2.24) is 0 Å². The van der Waals surface area contributed by atoms with Gasteiger partial charge in [0.25, 0.3) is 5.91 Å². The number of primary amides is 1. The first-order valence-electron chi connectivity index (χ1n) is 5.81. The molecule has 0 aromatic heterocycles. The number of carbonyl (C=O) groups excluding carboxylic acids is 1. The highest BCUT2D eigenvalue weighted by molar-refractivity contribution is 6.39. The molecule has 6 heteroatoms. The van der Waals surface area contributed by atoms with E-state index in [1.807, 2.05) is 13.0 Å². The molecule has 0 unspecified atom stereocenters. The van der Waals surface area contributed by atoms with Gasteiger partial charge in [-0.25, -0.2) is 0 Å². The van der Waals surface area contributed by atoms with Gasteiger partial charge in [-0.3, -0.25) is 4.79 Å². The molecule has 1 amide bonds. The molecule has 4 nitrogen and oxygen atoms in total. The summed E-state index contributed by atoms with van der Waals surface area (Å²) in [6, 6.07) is 8.45. The van der Waals surface area contributed by atoms with Crippen molar-refractivity contribution < 1.29 is 4.79 Å². The highest BCUT2D eigenvalue weighted by Gasteiger charge is 2.11. The van der Waals surface area contributed by atoms with Crippen LogP contribution in [-0.2, 0) is 0 Å². The summed E-state index contributed by atoms with van der Waals surface area (Å²) >= 11 is 12.3. The average molecular weight is 310 g/mol. The van der Waals surface area contributed by atoms with E-state index in [4.69, 9.17) is 34.7 Å². The van der Waals surface area contributed by atoms with E-state index in [1.54, 1.807) is 24.3 Å². The van der Waals surface area contributed by atoms with Crippen LogP contribution in [0.15, 0.2) is 30.3 Å². The number of nitrogen functional groups attached to an aromatic ring is 1. The van der Waals surface area contributed by atoms with Crippen LogP contribution in [0, 0.1) is 6.92 Å². The van der Waals surface area contributed by atoms with Gasteiger partial charge < -0.3 is 16.8 Å². The summed E-state index contributed by atoms with van der Waals surface area (Å²) in [6.07, 6.45) is 0. The molecule has 0 aliphatic rings. The fraction of sp³-hybridized carbons (Fsp3) is 0.0714. The predicted molar refractivity (Wildman–Crippen MR) is 83.9 cm³/mol. The van der Waals surface area contributed by atoms with Crippen LogP contribution in [0.1, 0.15) is 15.9 Å². The van der Waals surface area contributed by atoms with Crippen LogP contribution in [0.4, 0.5) is 17.1 Å². The molecule has 0 saturated heterocycles. The second-order valence-electron chi connectivity index (χ2n) is 4.34. The van der Waals surface area contributed by atoms with Crippen LogP contribution in [0.3, 0.4) is 0 Å². The quantitative estimate of drug-likeness (QED) is 0.756. The maximum atomic E-state index is 11.3. The van der Waals surface area contributed by atoms with Gasteiger partial charge in [0.05, 0.1) is 21.3 Å². The zero-order chi connectivity index (χ0) is 14.9. The van der Waals surface area contributed by atoms with Gasteiger partial charge in [0.15, 0.2) is 0 Å². The number of carbonyl (C=O) groups is 1. The number of hydrogen-bond acceptors (Lipinski definition) is 3. The van der Waals surface area contributed by atoms with Gasteiger partial charge in [0.1, 0.15) is 0 Å². The molecule has 0 heterocycles. The number of rotatable bonds is 3. The monoisotopic (exact) mass is 309 g/mol. The second kappa shape index (κ2) is 5.61. The van der Waals surface area contributed by atoms with Gasteiger partial charge in [-0.1, -0.05) is 29.3 Å². The third-order valence-electron chi connectivity index (χ3n) is 2.87. The lowest BCUT2D eigenvalue weighted by molar-refractivity contribution is 0.100. The zero-order valence-electron chi connectivity index (χ0n) is 10.7. The first kappa shape index (κ1) is 14.5. The van der Waals surface area contributed by atoms with Crippen molar-refractivity contribution in [3.8, 4) is 0 Å². The number of amides is 1. The topological polar surface area (TPSA) is 81.1 Å². The highest BCUT2D eigenvalue weighted by atomic mass is 35.5. The Morgan fingerprint density at radius 3 is 2.55 bits per heavy atom. The molecule has 2 aromatic carbocycles. The molecule has 0 spiro atoms. The van der Waals surface area contributed by atoms with E-state index < -0.39 is 5.91 Å². The molecule has 2 aromatic rings. The minimum atomic E-state index is -0.590. The van der Waals surface area contributed by atoms with Crippen LogP contribution >= 0.6 is 23.2 Å². The summed E-state index contributed by atoms with van der Waals surface area (Å²) < 4.78 is 0. The summed E-state index contributed by atoms with van der Waals surface area (Å²) in [5.74, 6) is -0.590. The van der Waals surface area contributed by atoms with Crippen molar-refractivity contribution in [3.63, 3.8) is 0 Å². The van der Waals surface area contributed by atoms with Gasteiger partial charge in [-0.05, 0) is 36.8 Å². The Morgan fingerprint density at radius 1 is 1.20 bits per heavy atom. The molecule has 0 radical (unpaired) electrons. The highest BCUT2D eigenvalue weighted by Crippen LogP contribution is 2.35. The summed E-state index contributed by atoms with van der Waals surface area (Å²) in [4.78, 5) is 11.3. The summed E-state index contributed by atoms with van der Waals surface area (Å²) in [5, 5.41) is 4.08. The standard InChI is InChI=1S/C14H13Cl2N3O/c1-7-2-4-10(15)13(12(7)16)19-8-3-5-11(17)9(6-8)14(18)20/h2-6,19H,17H2,1H3,(H2,18,20). The van der Waals surface area contributed by atoms with Crippen LogP contribution in [0.5, 0.6) is 0 Å². The number of anilines is 3. The summed E-state index contributed by atoms with van der Waals surface area (Å²) in [5.41, 5.74) is 13.6. The summed E-state index contributed by atoms with van der Waals surface area (Å²) in [7, 11) is 0. The molecule has 0 saturated carbocycles. The van der Waals surface area contributed by atoms with Crippen LogP contribution in [-0.4, -0.2) is 5.91 Å². The number of nitrogens with one attached hydrogen (secondary N) is 1. The minimum Gasteiger partial charge on any atom is -0.398 e. The Labute approximate surface area is 126 Å². The lowest BCUT2D eigenvalue weighted by Crippen LogP contribution is -2.13. The number of aryl methyl sites for hydroxylation is 1. The van der Waals surface area contributed by atoms with E-state index >= 15 is 0 Å². The molecule has 2 rings (SSSR count). The van der Waals surface area contributed by atoms with E-state index in [2.05, 4.69) is 5.32 Å². The predicted octanol–water partition coefficient (Wildman–Crippen LogP) is 3.73. The third kappa shape index (κ3) is 2.81. The van der Waals surface area contributed by atoms with Gasteiger partial charge >= 0.3 is 0 Å². The third-order valence-corrected chi connectivity index (χ3v) is 3.67.